The maximum Gasteiger partial charge on any atom is 0.336 e. The van der Waals surface area contributed by atoms with Crippen LogP contribution in [0.3, 0.4) is 0 Å². The number of amides is 1. The van der Waals surface area contributed by atoms with Gasteiger partial charge in [0.1, 0.15) is 17.4 Å². The van der Waals surface area contributed by atoms with Gasteiger partial charge < -0.3 is 19.6 Å². The topological polar surface area (TPSA) is 149 Å². The predicted molar refractivity (Wildman–Crippen MR) is 109 cm³/mol. The monoisotopic (exact) mass is 426 g/mol. The summed E-state index contributed by atoms with van der Waals surface area (Å²) in [5, 5.41) is 23.4. The number of carboxylic acids is 1. The molecule has 3 rings (SSSR count). The third-order valence-corrected chi connectivity index (χ3v) is 4.58. The molecule has 1 atom stereocenters. The van der Waals surface area contributed by atoms with E-state index in [0.717, 1.165) is 0 Å². The van der Waals surface area contributed by atoms with Crippen LogP contribution in [0.1, 0.15) is 11.1 Å². The summed E-state index contributed by atoms with van der Waals surface area (Å²) >= 11 is 0. The molecule has 0 unspecified atom stereocenters. The smallest absolute Gasteiger partial charge is 0.336 e. The minimum absolute atomic E-state index is 0.162. The van der Waals surface area contributed by atoms with Crippen LogP contribution in [0.5, 0.6) is 5.75 Å². The number of methoxy groups -OCH3 is 1. The standard InChI is InChI=1S/C21H18N2O8/c1-30-15-5-6-16-13(10-20(25)31-18(16)11-15)9-17(21(26)27)22-19(24)8-12-3-2-4-14(7-12)23(28)29/h2-7,10-11,17H,8-9H2,1H3,(H,22,24)(H,26,27)/t17-/m0/s1. The second-order valence-corrected chi connectivity index (χ2v) is 6.72. The summed E-state index contributed by atoms with van der Waals surface area (Å²) in [7, 11) is 1.46. The average molecular weight is 426 g/mol. The minimum Gasteiger partial charge on any atom is -0.497 e. The maximum absolute atomic E-state index is 12.4. The van der Waals surface area contributed by atoms with Gasteiger partial charge in [-0.3, -0.25) is 14.9 Å². The van der Waals surface area contributed by atoms with E-state index >= 15 is 0 Å². The lowest BCUT2D eigenvalue weighted by molar-refractivity contribution is -0.384. The molecule has 2 aromatic carbocycles. The van der Waals surface area contributed by atoms with Crippen molar-refractivity contribution in [1.82, 2.24) is 5.32 Å². The van der Waals surface area contributed by atoms with Crippen molar-refractivity contribution in [3.05, 3.63) is 80.2 Å². The molecule has 0 bridgehead atoms. The number of nitrogens with zero attached hydrogens (tertiary/aromatic N) is 1. The van der Waals surface area contributed by atoms with Crippen LogP contribution < -0.4 is 15.7 Å². The van der Waals surface area contributed by atoms with Crippen LogP contribution in [0, 0.1) is 10.1 Å². The van der Waals surface area contributed by atoms with Crippen molar-refractivity contribution >= 4 is 28.5 Å². The predicted octanol–water partition coefficient (Wildman–Crippen LogP) is 2.06. The number of non-ortho nitro benzene ring substituents is 1. The normalized spacial score (nSPS) is 11.6. The molecule has 0 radical (unpaired) electrons. The van der Waals surface area contributed by atoms with Crippen molar-refractivity contribution < 1.29 is 28.8 Å². The highest BCUT2D eigenvalue weighted by atomic mass is 16.6. The van der Waals surface area contributed by atoms with E-state index in [-0.39, 0.29) is 24.1 Å². The number of hydrogen-bond donors (Lipinski definition) is 2. The van der Waals surface area contributed by atoms with Crippen molar-refractivity contribution in [1.29, 1.82) is 0 Å². The zero-order valence-corrected chi connectivity index (χ0v) is 16.4. The fourth-order valence-corrected chi connectivity index (χ4v) is 3.14. The summed E-state index contributed by atoms with van der Waals surface area (Å²) in [6, 6.07) is 10.2. The van der Waals surface area contributed by atoms with E-state index in [1.807, 2.05) is 0 Å². The molecule has 2 N–H and O–H groups in total. The van der Waals surface area contributed by atoms with E-state index in [0.29, 0.717) is 22.3 Å². The number of benzene rings is 2. The Morgan fingerprint density at radius 3 is 2.68 bits per heavy atom. The first-order valence-corrected chi connectivity index (χ1v) is 9.13. The first kappa shape index (κ1) is 21.5. The largest absolute Gasteiger partial charge is 0.497 e. The fraction of sp³-hybridized carbons (Fsp3) is 0.190. The van der Waals surface area contributed by atoms with Gasteiger partial charge in [-0.05, 0) is 23.3 Å². The Bertz CT molecular complexity index is 1220. The Labute approximate surface area is 175 Å². The maximum atomic E-state index is 12.4. The molecule has 0 spiro atoms. The zero-order valence-electron chi connectivity index (χ0n) is 16.4. The molecule has 0 aliphatic carbocycles. The van der Waals surface area contributed by atoms with E-state index in [1.165, 1.54) is 43.5 Å². The molecular formula is C21H18N2O8. The van der Waals surface area contributed by atoms with Crippen molar-refractivity contribution in [3.63, 3.8) is 0 Å². The number of aliphatic carboxylic acids is 1. The molecule has 31 heavy (non-hydrogen) atoms. The van der Waals surface area contributed by atoms with E-state index < -0.39 is 28.5 Å². The van der Waals surface area contributed by atoms with Gasteiger partial charge in [-0.1, -0.05) is 12.1 Å². The number of fused-ring (bicyclic) bond motifs is 1. The van der Waals surface area contributed by atoms with E-state index in [2.05, 4.69) is 5.32 Å². The van der Waals surface area contributed by atoms with Gasteiger partial charge in [0, 0.05) is 36.1 Å². The van der Waals surface area contributed by atoms with Gasteiger partial charge in [-0.2, -0.15) is 0 Å². The van der Waals surface area contributed by atoms with Crippen molar-refractivity contribution in [2.24, 2.45) is 0 Å². The van der Waals surface area contributed by atoms with E-state index in [9.17, 15) is 29.6 Å². The summed E-state index contributed by atoms with van der Waals surface area (Å²) in [6.07, 6.45) is -0.398. The summed E-state index contributed by atoms with van der Waals surface area (Å²) in [5.74, 6) is -1.45. The van der Waals surface area contributed by atoms with Crippen LogP contribution in [-0.2, 0) is 22.4 Å². The van der Waals surface area contributed by atoms with Gasteiger partial charge in [0.05, 0.1) is 18.5 Å². The third kappa shape index (κ3) is 5.24. The number of nitro groups is 1. The van der Waals surface area contributed by atoms with Crippen LogP contribution >= 0.6 is 0 Å². The molecule has 3 aromatic rings. The van der Waals surface area contributed by atoms with Crippen molar-refractivity contribution in [2.75, 3.05) is 7.11 Å². The molecule has 0 aliphatic rings. The highest BCUT2D eigenvalue weighted by Crippen LogP contribution is 2.23. The van der Waals surface area contributed by atoms with Crippen LogP contribution in [0.25, 0.3) is 11.0 Å². The van der Waals surface area contributed by atoms with Crippen LogP contribution in [-0.4, -0.2) is 35.1 Å². The number of carboxylic acid groups (broad SMARTS) is 1. The number of nitrogens with one attached hydrogen (secondary N) is 1. The fourth-order valence-electron chi connectivity index (χ4n) is 3.14. The second-order valence-electron chi connectivity index (χ2n) is 6.72. The second kappa shape index (κ2) is 9.08. The number of hydrogen-bond acceptors (Lipinski definition) is 7. The van der Waals surface area contributed by atoms with Crippen molar-refractivity contribution in [2.45, 2.75) is 18.9 Å². The first-order valence-electron chi connectivity index (χ1n) is 9.13. The molecule has 1 aromatic heterocycles. The van der Waals surface area contributed by atoms with Gasteiger partial charge in [0.25, 0.3) is 5.69 Å². The molecule has 0 fully saturated rings. The van der Waals surface area contributed by atoms with Crippen LogP contribution in [0.2, 0.25) is 0 Å². The molecular weight excluding hydrogens is 408 g/mol. The first-order chi connectivity index (χ1) is 14.8. The highest BCUT2D eigenvalue weighted by Gasteiger charge is 2.22. The lowest BCUT2D eigenvalue weighted by atomic mass is 10.0. The molecule has 1 heterocycles. The van der Waals surface area contributed by atoms with Crippen LogP contribution in [0.4, 0.5) is 5.69 Å². The van der Waals surface area contributed by atoms with Gasteiger partial charge in [-0.15, -0.1) is 0 Å². The number of rotatable bonds is 8. The van der Waals surface area contributed by atoms with E-state index in [1.54, 1.807) is 12.1 Å². The van der Waals surface area contributed by atoms with Crippen LogP contribution in [0.15, 0.2) is 57.7 Å². The summed E-state index contributed by atoms with van der Waals surface area (Å²) in [5.41, 5.74) is 0.153. The molecule has 0 saturated heterocycles. The van der Waals surface area contributed by atoms with Crippen molar-refractivity contribution in [3.8, 4) is 5.75 Å². The Kier molecular flexibility index (Phi) is 6.29. The number of carbonyl (C=O) groups excluding carboxylic acids is 1. The SMILES string of the molecule is COc1ccc2c(C[C@H](NC(=O)Cc3cccc([N+](=O)[O-])c3)C(=O)O)cc(=O)oc2c1. The molecule has 0 aliphatic heterocycles. The molecule has 1 amide bonds. The summed E-state index contributed by atoms with van der Waals surface area (Å²) in [6.45, 7) is 0. The number of carbonyl (C=O) groups is 2. The average Bonchev–Trinajstić information content (AvgIpc) is 2.72. The lowest BCUT2D eigenvalue weighted by Crippen LogP contribution is -2.43. The lowest BCUT2D eigenvalue weighted by Gasteiger charge is -2.16. The van der Waals surface area contributed by atoms with Gasteiger partial charge in [-0.25, -0.2) is 9.59 Å². The van der Waals surface area contributed by atoms with Gasteiger partial charge in [0.2, 0.25) is 5.91 Å². The Morgan fingerprint density at radius 1 is 1.23 bits per heavy atom. The molecule has 160 valence electrons. The third-order valence-electron chi connectivity index (χ3n) is 4.58. The summed E-state index contributed by atoms with van der Waals surface area (Å²) < 4.78 is 10.3. The van der Waals surface area contributed by atoms with Gasteiger partial charge >= 0.3 is 11.6 Å². The Hall–Kier alpha value is -4.21. The number of nitro benzene ring substituents is 1. The zero-order chi connectivity index (χ0) is 22.5. The Morgan fingerprint density at radius 2 is 2.00 bits per heavy atom. The molecule has 10 nitrogen and oxygen atoms in total. The minimum atomic E-state index is -1.32. The highest BCUT2D eigenvalue weighted by molar-refractivity contribution is 5.87. The summed E-state index contributed by atoms with van der Waals surface area (Å²) in [4.78, 5) is 46.3. The quantitative estimate of drug-likeness (QED) is 0.316. The Balaban J connectivity index is 1.81. The molecule has 0 saturated carbocycles. The van der Waals surface area contributed by atoms with Gasteiger partial charge in [0.15, 0.2) is 0 Å². The molecule has 10 heteroatoms. The number of ether oxygens (including phenoxy) is 1. The van der Waals surface area contributed by atoms with E-state index in [4.69, 9.17) is 9.15 Å².